The number of carbonyl (C=O) groups excluding carboxylic acids is 2. The van der Waals surface area contributed by atoms with Crippen LogP contribution >= 0.6 is 0 Å². The first-order valence-electron chi connectivity index (χ1n) is 8.92. The molecule has 5 nitrogen and oxygen atoms in total. The van der Waals surface area contributed by atoms with E-state index in [1.54, 1.807) is 36.1 Å². The molecule has 0 fully saturated rings. The molecule has 0 saturated heterocycles. The highest BCUT2D eigenvalue weighted by Crippen LogP contribution is 2.15. The average Bonchev–Trinajstić information content (AvgIpc) is 2.69. The van der Waals surface area contributed by atoms with Gasteiger partial charge < -0.3 is 9.64 Å². The van der Waals surface area contributed by atoms with Crippen LogP contribution in [0.15, 0.2) is 59.5 Å². The second-order valence-electron chi connectivity index (χ2n) is 6.31. The fraction of sp³-hybridized carbons (Fsp3) is 0.333. The number of esters is 1. The quantitative estimate of drug-likeness (QED) is 0.651. The largest absolute Gasteiger partial charge is 0.452 e. The van der Waals surface area contributed by atoms with Gasteiger partial charge in [-0.3, -0.25) is 9.00 Å². The Labute approximate surface area is 162 Å². The second kappa shape index (κ2) is 10.0. The van der Waals surface area contributed by atoms with E-state index in [1.807, 2.05) is 44.2 Å². The number of hydrogen-bond donors (Lipinski definition) is 0. The van der Waals surface area contributed by atoms with Crippen LogP contribution in [0.5, 0.6) is 0 Å². The summed E-state index contributed by atoms with van der Waals surface area (Å²) >= 11 is 0. The molecule has 6 heteroatoms. The van der Waals surface area contributed by atoms with Crippen molar-refractivity contribution in [1.29, 1.82) is 0 Å². The smallest absolute Gasteiger partial charge is 0.339 e. The zero-order chi connectivity index (χ0) is 19.8. The summed E-state index contributed by atoms with van der Waals surface area (Å²) in [6.45, 7) is 5.72. The Balaban J connectivity index is 2.05. The maximum atomic E-state index is 12.6. The SMILES string of the molecule is CCS(=O)c1ccccc1C(=O)OCC(=O)N(Cc1ccccc1)C(C)C. The molecule has 2 aromatic rings. The van der Waals surface area contributed by atoms with E-state index in [9.17, 15) is 13.8 Å². The van der Waals surface area contributed by atoms with E-state index in [0.29, 0.717) is 17.2 Å². The predicted molar refractivity (Wildman–Crippen MR) is 106 cm³/mol. The monoisotopic (exact) mass is 387 g/mol. The molecule has 0 heterocycles. The van der Waals surface area contributed by atoms with Crippen molar-refractivity contribution in [3.05, 3.63) is 65.7 Å². The van der Waals surface area contributed by atoms with Crippen molar-refractivity contribution in [3.63, 3.8) is 0 Å². The molecular weight excluding hydrogens is 362 g/mol. The van der Waals surface area contributed by atoms with Crippen molar-refractivity contribution in [2.24, 2.45) is 0 Å². The minimum Gasteiger partial charge on any atom is -0.452 e. The number of ether oxygens (including phenoxy) is 1. The van der Waals surface area contributed by atoms with E-state index in [2.05, 4.69) is 0 Å². The molecule has 0 bridgehead atoms. The molecule has 27 heavy (non-hydrogen) atoms. The summed E-state index contributed by atoms with van der Waals surface area (Å²) in [4.78, 5) is 27.1. The van der Waals surface area contributed by atoms with Gasteiger partial charge in [0.05, 0.1) is 21.3 Å². The molecule has 0 aliphatic rings. The number of benzene rings is 2. The van der Waals surface area contributed by atoms with Gasteiger partial charge in [0.15, 0.2) is 6.61 Å². The van der Waals surface area contributed by atoms with Crippen molar-refractivity contribution >= 4 is 22.7 Å². The van der Waals surface area contributed by atoms with Crippen LogP contribution in [0.3, 0.4) is 0 Å². The van der Waals surface area contributed by atoms with Gasteiger partial charge >= 0.3 is 5.97 Å². The topological polar surface area (TPSA) is 63.7 Å². The van der Waals surface area contributed by atoms with Gasteiger partial charge in [0, 0.05) is 18.3 Å². The minimum absolute atomic E-state index is 0.0312. The maximum absolute atomic E-state index is 12.6. The summed E-state index contributed by atoms with van der Waals surface area (Å²) in [6.07, 6.45) is 0. The highest BCUT2D eigenvalue weighted by atomic mass is 32.2. The second-order valence-corrected chi connectivity index (χ2v) is 8.02. The van der Waals surface area contributed by atoms with Crippen LogP contribution in [0.4, 0.5) is 0 Å². The molecule has 0 saturated carbocycles. The van der Waals surface area contributed by atoms with Crippen LogP contribution in [0.2, 0.25) is 0 Å². The number of amides is 1. The van der Waals surface area contributed by atoms with Crippen molar-refractivity contribution < 1.29 is 18.5 Å². The third-order valence-electron chi connectivity index (χ3n) is 4.08. The highest BCUT2D eigenvalue weighted by molar-refractivity contribution is 7.85. The first-order valence-corrected chi connectivity index (χ1v) is 10.2. The van der Waals surface area contributed by atoms with E-state index in [4.69, 9.17) is 4.74 Å². The molecule has 0 radical (unpaired) electrons. The van der Waals surface area contributed by atoms with E-state index in [1.165, 1.54) is 0 Å². The number of nitrogens with zero attached hydrogens (tertiary/aromatic N) is 1. The predicted octanol–water partition coefficient (Wildman–Crippen LogP) is 3.41. The Morgan fingerprint density at radius 3 is 2.30 bits per heavy atom. The lowest BCUT2D eigenvalue weighted by Gasteiger charge is -2.26. The van der Waals surface area contributed by atoms with Gasteiger partial charge in [0.25, 0.3) is 5.91 Å². The third kappa shape index (κ3) is 5.76. The summed E-state index contributed by atoms with van der Waals surface area (Å²) in [6, 6.07) is 16.3. The lowest BCUT2D eigenvalue weighted by Crippen LogP contribution is -2.39. The van der Waals surface area contributed by atoms with Crippen LogP contribution in [0.1, 0.15) is 36.7 Å². The van der Waals surface area contributed by atoms with Crippen molar-refractivity contribution in [2.45, 2.75) is 38.3 Å². The first-order chi connectivity index (χ1) is 12.9. The van der Waals surface area contributed by atoms with Crippen LogP contribution in [0.25, 0.3) is 0 Å². The Hall–Kier alpha value is -2.47. The van der Waals surface area contributed by atoms with Crippen LogP contribution < -0.4 is 0 Å². The lowest BCUT2D eigenvalue weighted by atomic mass is 10.2. The number of hydrogen-bond acceptors (Lipinski definition) is 4. The Kier molecular flexibility index (Phi) is 7.73. The average molecular weight is 388 g/mol. The molecule has 0 aliphatic carbocycles. The summed E-state index contributed by atoms with van der Waals surface area (Å²) in [5.41, 5.74) is 1.25. The molecule has 0 aromatic heterocycles. The molecule has 1 unspecified atom stereocenters. The Bertz CT molecular complexity index is 805. The van der Waals surface area contributed by atoms with Crippen molar-refractivity contribution in [1.82, 2.24) is 4.90 Å². The van der Waals surface area contributed by atoms with Crippen molar-refractivity contribution in [3.8, 4) is 0 Å². The van der Waals surface area contributed by atoms with Crippen molar-refractivity contribution in [2.75, 3.05) is 12.4 Å². The first kappa shape index (κ1) is 20.8. The molecule has 2 rings (SSSR count). The van der Waals surface area contributed by atoms with E-state index >= 15 is 0 Å². The van der Waals surface area contributed by atoms with Crippen LogP contribution in [-0.2, 0) is 26.9 Å². The van der Waals surface area contributed by atoms with E-state index in [-0.39, 0.29) is 24.1 Å². The lowest BCUT2D eigenvalue weighted by molar-refractivity contribution is -0.136. The molecular formula is C21H25NO4S. The van der Waals surface area contributed by atoms with Crippen LogP contribution in [-0.4, -0.2) is 39.4 Å². The summed E-state index contributed by atoms with van der Waals surface area (Å²) in [7, 11) is -1.28. The van der Waals surface area contributed by atoms with E-state index in [0.717, 1.165) is 5.56 Å². The van der Waals surface area contributed by atoms with Gasteiger partial charge in [0.2, 0.25) is 0 Å². The molecule has 0 N–H and O–H groups in total. The van der Waals surface area contributed by atoms with Gasteiger partial charge in [-0.05, 0) is 31.5 Å². The maximum Gasteiger partial charge on any atom is 0.339 e. The Morgan fingerprint density at radius 1 is 1.04 bits per heavy atom. The molecule has 1 amide bonds. The summed E-state index contributed by atoms with van der Waals surface area (Å²) in [5, 5.41) is 0. The standard InChI is InChI=1S/C21H25NO4S/c1-4-27(25)19-13-9-8-12-18(19)21(24)26-15-20(23)22(16(2)3)14-17-10-6-5-7-11-17/h5-13,16H,4,14-15H2,1-3H3. The van der Waals surface area contributed by atoms with Gasteiger partial charge in [-0.1, -0.05) is 49.4 Å². The summed E-state index contributed by atoms with van der Waals surface area (Å²) in [5.74, 6) is -0.498. The highest BCUT2D eigenvalue weighted by Gasteiger charge is 2.21. The zero-order valence-corrected chi connectivity index (χ0v) is 16.7. The normalized spacial score (nSPS) is 11.9. The molecule has 144 valence electrons. The minimum atomic E-state index is -1.28. The molecule has 2 aromatic carbocycles. The molecule has 0 spiro atoms. The third-order valence-corrected chi connectivity index (χ3v) is 5.45. The van der Waals surface area contributed by atoms with Gasteiger partial charge in [-0.25, -0.2) is 4.79 Å². The summed E-state index contributed by atoms with van der Waals surface area (Å²) < 4.78 is 17.3. The zero-order valence-electron chi connectivity index (χ0n) is 15.9. The number of carbonyl (C=O) groups is 2. The fourth-order valence-corrected chi connectivity index (χ4v) is 3.55. The fourth-order valence-electron chi connectivity index (χ4n) is 2.62. The number of rotatable bonds is 8. The van der Waals surface area contributed by atoms with Crippen LogP contribution in [0, 0.1) is 0 Å². The molecule has 0 aliphatic heterocycles. The van der Waals surface area contributed by atoms with Gasteiger partial charge in [-0.15, -0.1) is 0 Å². The van der Waals surface area contributed by atoms with E-state index < -0.39 is 16.8 Å². The van der Waals surface area contributed by atoms with Gasteiger partial charge in [0.1, 0.15) is 0 Å². The molecule has 1 atom stereocenters. The van der Waals surface area contributed by atoms with Gasteiger partial charge in [-0.2, -0.15) is 0 Å². The Morgan fingerprint density at radius 2 is 1.67 bits per heavy atom.